The minimum Gasteiger partial charge on any atom is -0.482 e. The van der Waals surface area contributed by atoms with Crippen molar-refractivity contribution in [3.63, 3.8) is 0 Å². The Morgan fingerprint density at radius 1 is 1.23 bits per heavy atom. The summed E-state index contributed by atoms with van der Waals surface area (Å²) < 4.78 is 15.5. The fourth-order valence-corrected chi connectivity index (χ4v) is 3.08. The third-order valence-corrected chi connectivity index (χ3v) is 4.47. The third kappa shape index (κ3) is 5.56. The molecule has 0 N–H and O–H groups in total. The van der Waals surface area contributed by atoms with Crippen LogP contribution in [0.1, 0.15) is 53.3 Å². The molecule has 0 radical (unpaired) electrons. The van der Waals surface area contributed by atoms with Crippen molar-refractivity contribution in [2.45, 2.75) is 40.2 Å². The SMILES string of the molecule is CCOC(=O)c1nc(COC(=O)COc2ccc(C(C)C)c(C)c2)cs1. The van der Waals surface area contributed by atoms with E-state index in [9.17, 15) is 9.59 Å². The van der Waals surface area contributed by atoms with E-state index in [1.54, 1.807) is 12.3 Å². The maximum Gasteiger partial charge on any atom is 0.367 e. The van der Waals surface area contributed by atoms with Gasteiger partial charge in [-0.15, -0.1) is 11.3 Å². The molecule has 7 heteroatoms. The summed E-state index contributed by atoms with van der Waals surface area (Å²) in [6, 6.07) is 5.77. The fraction of sp³-hybridized carbons (Fsp3) is 0.421. The number of benzene rings is 1. The van der Waals surface area contributed by atoms with Crippen LogP contribution in [0.15, 0.2) is 23.6 Å². The lowest BCUT2D eigenvalue weighted by Gasteiger charge is -2.12. The molecular formula is C19H23NO5S. The molecule has 0 bridgehead atoms. The summed E-state index contributed by atoms with van der Waals surface area (Å²) in [4.78, 5) is 27.5. The lowest BCUT2D eigenvalue weighted by atomic mass is 9.98. The molecule has 1 aromatic heterocycles. The lowest BCUT2D eigenvalue weighted by Crippen LogP contribution is -2.15. The topological polar surface area (TPSA) is 74.7 Å². The van der Waals surface area contributed by atoms with Crippen molar-refractivity contribution in [3.05, 3.63) is 45.4 Å². The predicted molar refractivity (Wildman–Crippen MR) is 98.6 cm³/mol. The summed E-state index contributed by atoms with van der Waals surface area (Å²) in [5.41, 5.74) is 2.88. The van der Waals surface area contributed by atoms with Crippen LogP contribution in [0.2, 0.25) is 0 Å². The number of ether oxygens (including phenoxy) is 3. The molecule has 0 fully saturated rings. The van der Waals surface area contributed by atoms with Crippen LogP contribution in [-0.4, -0.2) is 30.1 Å². The Morgan fingerprint density at radius 3 is 2.65 bits per heavy atom. The number of aromatic nitrogens is 1. The molecule has 2 aromatic rings. The molecule has 0 spiro atoms. The molecule has 6 nitrogen and oxygen atoms in total. The quantitative estimate of drug-likeness (QED) is 0.650. The maximum atomic E-state index is 11.8. The first-order valence-electron chi connectivity index (χ1n) is 8.41. The van der Waals surface area contributed by atoms with Gasteiger partial charge in [-0.25, -0.2) is 14.6 Å². The van der Waals surface area contributed by atoms with E-state index in [-0.39, 0.29) is 24.8 Å². The fourth-order valence-electron chi connectivity index (χ4n) is 2.38. The molecule has 0 saturated heterocycles. The zero-order valence-corrected chi connectivity index (χ0v) is 16.2. The Labute approximate surface area is 157 Å². The Balaban J connectivity index is 1.80. The molecule has 0 atom stereocenters. The van der Waals surface area contributed by atoms with E-state index < -0.39 is 11.9 Å². The second-order valence-electron chi connectivity index (χ2n) is 5.99. The maximum absolute atomic E-state index is 11.8. The highest BCUT2D eigenvalue weighted by atomic mass is 32.1. The van der Waals surface area contributed by atoms with E-state index in [1.807, 2.05) is 25.1 Å². The Kier molecular flexibility index (Phi) is 7.15. The van der Waals surface area contributed by atoms with E-state index >= 15 is 0 Å². The van der Waals surface area contributed by atoms with Crippen molar-refractivity contribution in [1.29, 1.82) is 0 Å². The molecule has 1 aromatic carbocycles. The highest BCUT2D eigenvalue weighted by molar-refractivity contribution is 7.11. The van der Waals surface area contributed by atoms with Gasteiger partial charge in [0.2, 0.25) is 5.01 Å². The van der Waals surface area contributed by atoms with Crippen LogP contribution in [-0.2, 0) is 20.9 Å². The Morgan fingerprint density at radius 2 is 2.00 bits per heavy atom. The molecule has 0 saturated carbocycles. The standard InChI is InChI=1S/C19H23NO5S/c1-5-23-19(22)18-20-14(11-26-18)9-25-17(21)10-24-15-6-7-16(12(2)3)13(4)8-15/h6-8,11-12H,5,9-10H2,1-4H3. The molecule has 140 valence electrons. The van der Waals surface area contributed by atoms with Crippen LogP contribution in [0.5, 0.6) is 5.75 Å². The van der Waals surface area contributed by atoms with Crippen LogP contribution in [0.4, 0.5) is 0 Å². The van der Waals surface area contributed by atoms with Gasteiger partial charge in [0.25, 0.3) is 0 Å². The molecule has 0 unspecified atom stereocenters. The minimum absolute atomic E-state index is 0.0105. The highest BCUT2D eigenvalue weighted by Gasteiger charge is 2.13. The van der Waals surface area contributed by atoms with E-state index in [1.165, 1.54) is 5.56 Å². The average molecular weight is 377 g/mol. The number of carbonyl (C=O) groups is 2. The average Bonchev–Trinajstić information content (AvgIpc) is 3.07. The molecule has 0 aliphatic heterocycles. The predicted octanol–water partition coefficient (Wildman–Crippen LogP) is 3.87. The van der Waals surface area contributed by atoms with E-state index in [0.717, 1.165) is 16.9 Å². The first-order valence-corrected chi connectivity index (χ1v) is 9.29. The number of hydrogen-bond donors (Lipinski definition) is 0. The number of carbonyl (C=O) groups excluding carboxylic acids is 2. The summed E-state index contributed by atoms with van der Waals surface area (Å²) in [6.07, 6.45) is 0. The van der Waals surface area contributed by atoms with Crippen LogP contribution < -0.4 is 4.74 Å². The number of esters is 2. The van der Waals surface area contributed by atoms with Gasteiger partial charge in [-0.1, -0.05) is 19.9 Å². The van der Waals surface area contributed by atoms with Gasteiger partial charge < -0.3 is 14.2 Å². The third-order valence-electron chi connectivity index (χ3n) is 3.60. The summed E-state index contributed by atoms with van der Waals surface area (Å²) in [7, 11) is 0. The number of thiazole rings is 1. The normalized spacial score (nSPS) is 10.7. The summed E-state index contributed by atoms with van der Waals surface area (Å²) in [5, 5.41) is 1.91. The molecule has 0 aliphatic rings. The van der Waals surface area contributed by atoms with Crippen molar-refractivity contribution in [1.82, 2.24) is 4.98 Å². The van der Waals surface area contributed by atoms with E-state index in [0.29, 0.717) is 17.4 Å². The van der Waals surface area contributed by atoms with Gasteiger partial charge in [0, 0.05) is 5.38 Å². The summed E-state index contributed by atoms with van der Waals surface area (Å²) >= 11 is 1.16. The van der Waals surface area contributed by atoms with Crippen molar-refractivity contribution < 1.29 is 23.8 Å². The number of aryl methyl sites for hydroxylation is 1. The monoisotopic (exact) mass is 377 g/mol. The van der Waals surface area contributed by atoms with Crippen LogP contribution >= 0.6 is 11.3 Å². The van der Waals surface area contributed by atoms with E-state index in [4.69, 9.17) is 14.2 Å². The minimum atomic E-state index is -0.499. The molecular weight excluding hydrogens is 354 g/mol. The van der Waals surface area contributed by atoms with Gasteiger partial charge in [-0.2, -0.15) is 0 Å². The highest BCUT2D eigenvalue weighted by Crippen LogP contribution is 2.23. The van der Waals surface area contributed by atoms with Crippen molar-refractivity contribution in [2.75, 3.05) is 13.2 Å². The van der Waals surface area contributed by atoms with Gasteiger partial charge in [-0.05, 0) is 43.0 Å². The van der Waals surface area contributed by atoms with Gasteiger partial charge in [0.15, 0.2) is 6.61 Å². The molecule has 2 rings (SSSR count). The first-order chi connectivity index (χ1) is 12.4. The molecule has 0 amide bonds. The van der Waals surface area contributed by atoms with Crippen LogP contribution in [0.3, 0.4) is 0 Å². The van der Waals surface area contributed by atoms with Gasteiger partial charge in [0.1, 0.15) is 12.4 Å². The van der Waals surface area contributed by atoms with Gasteiger partial charge in [0.05, 0.1) is 12.3 Å². The second-order valence-corrected chi connectivity index (χ2v) is 6.85. The van der Waals surface area contributed by atoms with Crippen molar-refractivity contribution in [2.24, 2.45) is 0 Å². The molecule has 1 heterocycles. The van der Waals surface area contributed by atoms with Crippen molar-refractivity contribution >= 4 is 23.3 Å². The van der Waals surface area contributed by atoms with Gasteiger partial charge in [-0.3, -0.25) is 0 Å². The van der Waals surface area contributed by atoms with Crippen LogP contribution in [0.25, 0.3) is 0 Å². The smallest absolute Gasteiger partial charge is 0.367 e. The zero-order valence-electron chi connectivity index (χ0n) is 15.4. The van der Waals surface area contributed by atoms with E-state index in [2.05, 4.69) is 18.8 Å². The summed E-state index contributed by atoms with van der Waals surface area (Å²) in [6.45, 7) is 8.10. The largest absolute Gasteiger partial charge is 0.482 e. The van der Waals surface area contributed by atoms with Gasteiger partial charge >= 0.3 is 11.9 Å². The number of hydrogen-bond acceptors (Lipinski definition) is 7. The number of nitrogens with zero attached hydrogens (tertiary/aromatic N) is 1. The Bertz CT molecular complexity index is 769. The molecule has 0 aliphatic carbocycles. The zero-order chi connectivity index (χ0) is 19.1. The summed E-state index contributed by atoms with van der Waals surface area (Å²) in [5.74, 6) is 0.0913. The first kappa shape index (κ1) is 19.9. The molecule has 26 heavy (non-hydrogen) atoms. The second kappa shape index (κ2) is 9.33. The Hall–Kier alpha value is -2.41. The number of rotatable bonds is 8. The van der Waals surface area contributed by atoms with Crippen LogP contribution in [0, 0.1) is 6.92 Å². The van der Waals surface area contributed by atoms with Crippen molar-refractivity contribution in [3.8, 4) is 5.75 Å². The lowest BCUT2D eigenvalue weighted by molar-refractivity contribution is -0.147.